The van der Waals surface area contributed by atoms with Crippen molar-refractivity contribution in [3.05, 3.63) is 41.5 Å². The van der Waals surface area contributed by atoms with Gasteiger partial charge in [-0.15, -0.1) is 24.0 Å². The molecule has 28 heavy (non-hydrogen) atoms. The van der Waals surface area contributed by atoms with E-state index in [2.05, 4.69) is 22.2 Å². The van der Waals surface area contributed by atoms with Gasteiger partial charge < -0.3 is 20.3 Å². The van der Waals surface area contributed by atoms with E-state index in [-0.39, 0.29) is 42.0 Å². The lowest BCUT2D eigenvalue weighted by Crippen LogP contribution is -2.43. The molecule has 158 valence electrons. The van der Waals surface area contributed by atoms with Crippen LogP contribution in [0, 0.1) is 6.92 Å². The van der Waals surface area contributed by atoms with Crippen LogP contribution in [0.25, 0.3) is 0 Å². The molecule has 0 unspecified atom stereocenters. The lowest BCUT2D eigenvalue weighted by atomic mass is 10.1. The van der Waals surface area contributed by atoms with Crippen LogP contribution in [0.2, 0.25) is 0 Å². The Kier molecular flexibility index (Phi) is 11.2. The number of likely N-dealkylation sites (N-methyl/N-ethyl adjacent to an activating group) is 1. The summed E-state index contributed by atoms with van der Waals surface area (Å²) in [6.07, 6.45) is 0. The monoisotopic (exact) mass is 502 g/mol. The molecule has 1 amide bonds. The highest BCUT2D eigenvalue weighted by atomic mass is 127. The summed E-state index contributed by atoms with van der Waals surface area (Å²) >= 11 is 0. The number of halogens is 1. The summed E-state index contributed by atoms with van der Waals surface area (Å²) < 4.78 is 6.09. The fourth-order valence-electron chi connectivity index (χ4n) is 2.11. The number of hydrogen-bond acceptors (Lipinski definition) is 3. The molecular weight excluding hydrogens is 467 g/mol. The minimum atomic E-state index is -0.288. The maximum absolute atomic E-state index is 11.9. The van der Waals surface area contributed by atoms with E-state index in [4.69, 9.17) is 4.74 Å². The van der Waals surface area contributed by atoms with Gasteiger partial charge in [-0.05, 0) is 46.2 Å². The molecule has 0 atom stereocenters. The maximum atomic E-state index is 11.9. The van der Waals surface area contributed by atoms with Crippen LogP contribution in [0.1, 0.15) is 38.8 Å². The molecule has 0 bridgehead atoms. The number of carbonyl (C=O) groups is 1. The van der Waals surface area contributed by atoms with E-state index in [0.29, 0.717) is 19.0 Å². The molecule has 0 aliphatic carbocycles. The standard InChI is InChI=1S/C21H34N4O2.HI/c1-15(2)12-22-20(24-14-19(26)25(7)8)23-13-17-10-9-16(3)11-18(17)27-21(4,5)6;/h9-11H,1,12-14H2,2-8H3,(H2,22,23,24);1H. The van der Waals surface area contributed by atoms with Crippen LogP contribution in [0.5, 0.6) is 5.75 Å². The zero-order valence-corrected chi connectivity index (χ0v) is 20.5. The maximum Gasteiger partial charge on any atom is 0.241 e. The third-order valence-electron chi connectivity index (χ3n) is 3.51. The number of amides is 1. The topological polar surface area (TPSA) is 66.0 Å². The van der Waals surface area contributed by atoms with Crippen LogP contribution >= 0.6 is 24.0 Å². The van der Waals surface area contributed by atoms with E-state index in [9.17, 15) is 4.79 Å². The molecule has 0 fully saturated rings. The van der Waals surface area contributed by atoms with Gasteiger partial charge in [-0.1, -0.05) is 24.3 Å². The van der Waals surface area contributed by atoms with Crippen LogP contribution in [-0.4, -0.2) is 49.6 Å². The quantitative estimate of drug-likeness (QED) is 0.259. The average molecular weight is 502 g/mol. The summed E-state index contributed by atoms with van der Waals surface area (Å²) in [5.41, 5.74) is 2.82. The summed E-state index contributed by atoms with van der Waals surface area (Å²) in [7, 11) is 3.45. The number of aryl methyl sites for hydroxylation is 1. The summed E-state index contributed by atoms with van der Waals surface area (Å²) in [6, 6.07) is 6.10. The minimum Gasteiger partial charge on any atom is -0.488 e. The van der Waals surface area contributed by atoms with Gasteiger partial charge in [0.15, 0.2) is 5.96 Å². The molecule has 1 aromatic rings. The molecule has 0 aliphatic heterocycles. The fourth-order valence-corrected chi connectivity index (χ4v) is 2.11. The van der Waals surface area contributed by atoms with Gasteiger partial charge in [0.2, 0.25) is 5.91 Å². The Bertz CT molecular complexity index is 694. The van der Waals surface area contributed by atoms with Gasteiger partial charge in [-0.3, -0.25) is 4.79 Å². The van der Waals surface area contributed by atoms with Crippen molar-refractivity contribution in [2.45, 2.75) is 46.8 Å². The van der Waals surface area contributed by atoms with E-state index in [1.54, 1.807) is 19.0 Å². The van der Waals surface area contributed by atoms with Crippen molar-refractivity contribution in [2.24, 2.45) is 4.99 Å². The molecule has 0 aliphatic rings. The first-order valence-electron chi connectivity index (χ1n) is 9.13. The zero-order chi connectivity index (χ0) is 20.6. The molecule has 0 aromatic heterocycles. The molecule has 1 rings (SSSR count). The Morgan fingerprint density at radius 1 is 1.21 bits per heavy atom. The van der Waals surface area contributed by atoms with Gasteiger partial charge in [0, 0.05) is 26.2 Å². The lowest BCUT2D eigenvalue weighted by Gasteiger charge is -2.23. The van der Waals surface area contributed by atoms with Gasteiger partial charge in [0.25, 0.3) is 0 Å². The zero-order valence-electron chi connectivity index (χ0n) is 18.2. The first-order chi connectivity index (χ1) is 12.5. The molecule has 0 radical (unpaired) electrons. The van der Waals surface area contributed by atoms with Crippen LogP contribution < -0.4 is 15.4 Å². The molecule has 2 N–H and O–H groups in total. The summed E-state index contributed by atoms with van der Waals surface area (Å²) in [5.74, 6) is 1.37. The predicted octanol–water partition coefficient (Wildman–Crippen LogP) is 3.49. The number of ether oxygens (including phenoxy) is 1. The highest BCUT2D eigenvalue weighted by Gasteiger charge is 2.15. The molecular formula is C21H35IN4O2. The molecule has 0 spiro atoms. The number of hydrogen-bond donors (Lipinski definition) is 2. The first-order valence-corrected chi connectivity index (χ1v) is 9.13. The molecule has 0 saturated heterocycles. The number of aliphatic imine (C=N–C) groups is 1. The Balaban J connectivity index is 0.00000729. The summed E-state index contributed by atoms with van der Waals surface area (Å²) in [5, 5.41) is 6.26. The van der Waals surface area contributed by atoms with Gasteiger partial charge in [-0.2, -0.15) is 0 Å². The van der Waals surface area contributed by atoms with Crippen molar-refractivity contribution < 1.29 is 9.53 Å². The Labute approximate surface area is 186 Å². The third kappa shape index (κ3) is 10.5. The first kappa shape index (κ1) is 26.2. The molecule has 0 saturated carbocycles. The smallest absolute Gasteiger partial charge is 0.241 e. The van der Waals surface area contributed by atoms with E-state index >= 15 is 0 Å². The highest BCUT2D eigenvalue weighted by molar-refractivity contribution is 14.0. The second-order valence-electron chi connectivity index (χ2n) is 7.94. The van der Waals surface area contributed by atoms with E-state index in [1.165, 1.54) is 0 Å². The Morgan fingerprint density at radius 2 is 1.82 bits per heavy atom. The van der Waals surface area contributed by atoms with Crippen molar-refractivity contribution in [2.75, 3.05) is 27.2 Å². The largest absolute Gasteiger partial charge is 0.488 e. The fraction of sp³-hybridized carbons (Fsp3) is 0.524. The molecule has 7 heteroatoms. The van der Waals surface area contributed by atoms with Crippen molar-refractivity contribution in [1.29, 1.82) is 0 Å². The van der Waals surface area contributed by atoms with Gasteiger partial charge in [0.05, 0.1) is 13.1 Å². The minimum absolute atomic E-state index is 0. The van der Waals surface area contributed by atoms with Crippen LogP contribution in [0.4, 0.5) is 0 Å². The summed E-state index contributed by atoms with van der Waals surface area (Å²) in [6.45, 7) is 15.1. The average Bonchev–Trinajstić information content (AvgIpc) is 2.53. The summed E-state index contributed by atoms with van der Waals surface area (Å²) in [4.78, 5) is 18.0. The predicted molar refractivity (Wildman–Crippen MR) is 128 cm³/mol. The number of nitrogens with one attached hydrogen (secondary N) is 2. The van der Waals surface area contributed by atoms with Gasteiger partial charge in [0.1, 0.15) is 11.4 Å². The molecule has 0 heterocycles. The number of guanidine groups is 1. The molecule has 1 aromatic carbocycles. The number of nitrogens with zero attached hydrogens (tertiary/aromatic N) is 2. The van der Waals surface area contributed by atoms with Crippen molar-refractivity contribution in [3.63, 3.8) is 0 Å². The van der Waals surface area contributed by atoms with Crippen LogP contribution in [0.15, 0.2) is 35.3 Å². The van der Waals surface area contributed by atoms with E-state index < -0.39 is 0 Å². The normalized spacial score (nSPS) is 11.3. The van der Waals surface area contributed by atoms with Crippen LogP contribution in [0.3, 0.4) is 0 Å². The lowest BCUT2D eigenvalue weighted by molar-refractivity contribution is -0.127. The SMILES string of the molecule is C=C(C)CNC(=NCc1ccc(C)cc1OC(C)(C)C)NCC(=O)N(C)C.I. The number of carbonyl (C=O) groups excluding carboxylic acids is 1. The van der Waals surface area contributed by atoms with Gasteiger partial charge >= 0.3 is 0 Å². The highest BCUT2D eigenvalue weighted by Crippen LogP contribution is 2.25. The second kappa shape index (κ2) is 11.9. The second-order valence-corrected chi connectivity index (χ2v) is 7.94. The third-order valence-corrected chi connectivity index (χ3v) is 3.51. The Morgan fingerprint density at radius 3 is 2.36 bits per heavy atom. The van der Waals surface area contributed by atoms with E-state index in [1.807, 2.05) is 52.8 Å². The molecule has 6 nitrogen and oxygen atoms in total. The number of rotatable bonds is 7. The van der Waals surface area contributed by atoms with E-state index in [0.717, 1.165) is 22.4 Å². The van der Waals surface area contributed by atoms with Crippen molar-refractivity contribution in [3.8, 4) is 5.75 Å². The van der Waals surface area contributed by atoms with Gasteiger partial charge in [-0.25, -0.2) is 4.99 Å². The van der Waals surface area contributed by atoms with Crippen molar-refractivity contribution in [1.82, 2.24) is 15.5 Å². The number of benzene rings is 1. The Hall–Kier alpha value is -1.77. The van der Waals surface area contributed by atoms with Crippen LogP contribution in [-0.2, 0) is 11.3 Å². The van der Waals surface area contributed by atoms with Crippen molar-refractivity contribution >= 4 is 35.8 Å².